The summed E-state index contributed by atoms with van der Waals surface area (Å²) in [6.07, 6.45) is 5.53. The fourth-order valence-electron chi connectivity index (χ4n) is 3.94. The van der Waals surface area contributed by atoms with Crippen molar-refractivity contribution in [3.05, 3.63) is 35.4 Å². The van der Waals surface area contributed by atoms with Crippen LogP contribution in [0.15, 0.2) is 24.3 Å². The molecule has 1 N–H and O–H groups in total. The Morgan fingerprint density at radius 2 is 1.90 bits per heavy atom. The van der Waals surface area contributed by atoms with Crippen LogP contribution in [0.25, 0.3) is 0 Å². The number of aryl methyl sites for hydroxylation is 1. The van der Waals surface area contributed by atoms with Gasteiger partial charge in [0, 0.05) is 0 Å². The van der Waals surface area contributed by atoms with E-state index in [0.29, 0.717) is 0 Å². The van der Waals surface area contributed by atoms with Crippen LogP contribution in [0.1, 0.15) is 51.2 Å². The molecule has 1 aliphatic carbocycles. The summed E-state index contributed by atoms with van der Waals surface area (Å²) in [6.45, 7) is 11.6. The van der Waals surface area contributed by atoms with Gasteiger partial charge >= 0.3 is 0 Å². The highest BCUT2D eigenvalue weighted by Crippen LogP contribution is 2.39. The maximum absolute atomic E-state index is 3.59. The fraction of sp³-hybridized carbons (Fsp3) is 0.700. The van der Waals surface area contributed by atoms with Gasteiger partial charge in [0.15, 0.2) is 0 Å². The molecular weight excluding hydrogens is 254 g/mol. The van der Waals surface area contributed by atoms with E-state index in [1.165, 1.54) is 37.8 Å². The van der Waals surface area contributed by atoms with Crippen molar-refractivity contribution in [2.75, 3.05) is 13.1 Å². The second-order valence-corrected chi connectivity index (χ2v) is 7.28. The Hall–Kier alpha value is -0.820. The summed E-state index contributed by atoms with van der Waals surface area (Å²) >= 11 is 0. The average Bonchev–Trinajstić information content (AvgIpc) is 2.48. The lowest BCUT2D eigenvalue weighted by Gasteiger charge is -2.38. The van der Waals surface area contributed by atoms with Gasteiger partial charge in [-0.25, -0.2) is 0 Å². The van der Waals surface area contributed by atoms with Crippen molar-refractivity contribution in [2.45, 2.75) is 53.4 Å². The molecule has 0 aliphatic heterocycles. The van der Waals surface area contributed by atoms with Crippen molar-refractivity contribution in [3.63, 3.8) is 0 Å². The molecule has 1 aromatic rings. The second kappa shape index (κ2) is 7.98. The molecule has 3 atom stereocenters. The van der Waals surface area contributed by atoms with Gasteiger partial charge in [-0.1, -0.05) is 45.0 Å². The Balaban J connectivity index is 2.07. The Labute approximate surface area is 131 Å². The van der Waals surface area contributed by atoms with Crippen molar-refractivity contribution in [3.8, 4) is 0 Å². The Morgan fingerprint density at radius 1 is 1.14 bits per heavy atom. The summed E-state index contributed by atoms with van der Waals surface area (Å²) in [5, 5.41) is 3.59. The highest BCUT2D eigenvalue weighted by atomic mass is 14.8. The molecule has 118 valence electrons. The number of benzene rings is 1. The monoisotopic (exact) mass is 287 g/mol. The first-order chi connectivity index (χ1) is 10.1. The zero-order chi connectivity index (χ0) is 15.2. The number of hydrogen-bond acceptors (Lipinski definition) is 1. The van der Waals surface area contributed by atoms with Gasteiger partial charge in [-0.3, -0.25) is 0 Å². The van der Waals surface area contributed by atoms with E-state index in [2.05, 4.69) is 57.3 Å². The van der Waals surface area contributed by atoms with Crippen LogP contribution in [0, 0.1) is 30.6 Å². The van der Waals surface area contributed by atoms with Gasteiger partial charge < -0.3 is 5.32 Å². The molecule has 1 nitrogen and oxygen atoms in total. The van der Waals surface area contributed by atoms with Crippen LogP contribution in [-0.4, -0.2) is 13.1 Å². The van der Waals surface area contributed by atoms with E-state index in [9.17, 15) is 0 Å². The zero-order valence-electron chi connectivity index (χ0n) is 14.4. The molecule has 0 spiro atoms. The molecule has 3 unspecified atom stereocenters. The lowest BCUT2D eigenvalue weighted by atomic mass is 9.68. The van der Waals surface area contributed by atoms with E-state index in [4.69, 9.17) is 0 Å². The van der Waals surface area contributed by atoms with Crippen molar-refractivity contribution in [1.82, 2.24) is 5.32 Å². The molecule has 0 aromatic heterocycles. The van der Waals surface area contributed by atoms with E-state index in [0.717, 1.165) is 30.2 Å². The molecule has 21 heavy (non-hydrogen) atoms. The molecule has 0 saturated heterocycles. The fourth-order valence-corrected chi connectivity index (χ4v) is 3.94. The first-order valence-electron chi connectivity index (χ1n) is 8.87. The SMILES string of the molecule is CCNCC1CCC(C(C)C)CC1Cc1ccccc1C. The van der Waals surface area contributed by atoms with Crippen molar-refractivity contribution in [2.24, 2.45) is 23.7 Å². The van der Waals surface area contributed by atoms with Crippen LogP contribution in [0.4, 0.5) is 0 Å². The van der Waals surface area contributed by atoms with Crippen LogP contribution in [0.3, 0.4) is 0 Å². The lowest BCUT2D eigenvalue weighted by molar-refractivity contribution is 0.145. The number of rotatable bonds is 6. The first-order valence-corrected chi connectivity index (χ1v) is 8.87. The third-order valence-corrected chi connectivity index (χ3v) is 5.52. The van der Waals surface area contributed by atoms with Crippen LogP contribution in [0.2, 0.25) is 0 Å². The van der Waals surface area contributed by atoms with Crippen molar-refractivity contribution >= 4 is 0 Å². The largest absolute Gasteiger partial charge is 0.317 e. The summed E-state index contributed by atoms with van der Waals surface area (Å²) in [7, 11) is 0. The minimum Gasteiger partial charge on any atom is -0.317 e. The topological polar surface area (TPSA) is 12.0 Å². The van der Waals surface area contributed by atoms with E-state index in [-0.39, 0.29) is 0 Å². The Kier molecular flexibility index (Phi) is 6.29. The smallest absolute Gasteiger partial charge is 0.00179 e. The molecule has 1 aliphatic rings. The highest BCUT2D eigenvalue weighted by Gasteiger charge is 2.31. The van der Waals surface area contributed by atoms with Crippen molar-refractivity contribution < 1.29 is 0 Å². The van der Waals surface area contributed by atoms with Gasteiger partial charge in [0.25, 0.3) is 0 Å². The molecule has 0 heterocycles. The van der Waals surface area contributed by atoms with Gasteiger partial charge in [-0.15, -0.1) is 0 Å². The van der Waals surface area contributed by atoms with Gasteiger partial charge in [-0.05, 0) is 80.5 Å². The third kappa shape index (κ3) is 4.57. The normalized spacial score (nSPS) is 26.2. The molecular formula is C20H33N. The lowest BCUT2D eigenvalue weighted by Crippen LogP contribution is -2.35. The van der Waals surface area contributed by atoms with E-state index in [1.807, 2.05) is 0 Å². The Bertz CT molecular complexity index is 424. The van der Waals surface area contributed by atoms with Gasteiger partial charge in [0.1, 0.15) is 0 Å². The van der Waals surface area contributed by atoms with Gasteiger partial charge in [0.2, 0.25) is 0 Å². The first kappa shape index (κ1) is 16.5. The van der Waals surface area contributed by atoms with Crippen LogP contribution >= 0.6 is 0 Å². The molecule has 1 fully saturated rings. The molecule has 2 rings (SSSR count). The molecule has 1 saturated carbocycles. The van der Waals surface area contributed by atoms with Gasteiger partial charge in [-0.2, -0.15) is 0 Å². The molecule has 0 bridgehead atoms. The van der Waals surface area contributed by atoms with E-state index in [1.54, 1.807) is 5.56 Å². The van der Waals surface area contributed by atoms with E-state index < -0.39 is 0 Å². The minimum absolute atomic E-state index is 0.837. The predicted molar refractivity (Wildman–Crippen MR) is 92.6 cm³/mol. The Morgan fingerprint density at radius 3 is 2.57 bits per heavy atom. The average molecular weight is 287 g/mol. The molecule has 0 amide bonds. The molecule has 1 heteroatoms. The van der Waals surface area contributed by atoms with Crippen LogP contribution in [0.5, 0.6) is 0 Å². The summed E-state index contributed by atoms with van der Waals surface area (Å²) < 4.78 is 0. The van der Waals surface area contributed by atoms with Crippen LogP contribution in [-0.2, 0) is 6.42 Å². The molecule has 1 aromatic carbocycles. The standard InChI is InChI=1S/C20H33N/c1-5-21-14-19-11-10-17(15(2)3)12-20(19)13-18-9-7-6-8-16(18)4/h6-9,15,17,19-21H,5,10-14H2,1-4H3. The van der Waals surface area contributed by atoms with Crippen LogP contribution < -0.4 is 5.32 Å². The van der Waals surface area contributed by atoms with Gasteiger partial charge in [0.05, 0.1) is 0 Å². The summed E-state index contributed by atoms with van der Waals surface area (Å²) in [5.74, 6) is 3.48. The maximum atomic E-state index is 3.59. The second-order valence-electron chi connectivity index (χ2n) is 7.28. The third-order valence-electron chi connectivity index (χ3n) is 5.52. The number of nitrogens with one attached hydrogen (secondary N) is 1. The maximum Gasteiger partial charge on any atom is -0.00179 e. The van der Waals surface area contributed by atoms with E-state index >= 15 is 0 Å². The highest BCUT2D eigenvalue weighted by molar-refractivity contribution is 5.26. The summed E-state index contributed by atoms with van der Waals surface area (Å²) in [4.78, 5) is 0. The summed E-state index contributed by atoms with van der Waals surface area (Å²) in [6, 6.07) is 8.95. The quantitative estimate of drug-likeness (QED) is 0.789. The minimum atomic E-state index is 0.837. The predicted octanol–water partition coefficient (Wildman–Crippen LogP) is 4.84. The zero-order valence-corrected chi connectivity index (χ0v) is 14.4. The number of hydrogen-bond donors (Lipinski definition) is 1. The molecule has 0 radical (unpaired) electrons. The van der Waals surface area contributed by atoms with Crippen molar-refractivity contribution in [1.29, 1.82) is 0 Å². The summed E-state index contributed by atoms with van der Waals surface area (Å²) in [5.41, 5.74) is 3.03.